The van der Waals surface area contributed by atoms with Gasteiger partial charge in [0.25, 0.3) is 11.5 Å². The molecule has 2 aromatic carbocycles. The summed E-state index contributed by atoms with van der Waals surface area (Å²) >= 11 is 0. The van der Waals surface area contributed by atoms with Gasteiger partial charge >= 0.3 is 18.4 Å². The van der Waals surface area contributed by atoms with Gasteiger partial charge in [0.15, 0.2) is 0 Å². The molecule has 2 aromatic rings. The number of carbonyl (C=O) groups excluding carboxylic acids is 3. The first-order valence-electron chi connectivity index (χ1n) is 12.9. The molecule has 1 heterocycles. The highest BCUT2D eigenvalue weighted by Gasteiger charge is 2.71. The minimum atomic E-state index is -5.98. The van der Waals surface area contributed by atoms with Crippen molar-refractivity contribution in [2.45, 2.75) is 38.3 Å². The molecule has 0 aliphatic carbocycles. The number of rotatable bonds is 8. The summed E-state index contributed by atoms with van der Waals surface area (Å²) in [6.45, 7) is 4.15. The minimum Gasteiger partial charge on any atom is -0.369 e. The molecule has 0 unspecified atom stereocenters. The monoisotopic (exact) mass is 621 g/mol. The van der Waals surface area contributed by atoms with E-state index in [0.29, 0.717) is 30.8 Å². The topological polar surface area (TPSA) is 128 Å². The van der Waals surface area contributed by atoms with Crippen LogP contribution in [0.3, 0.4) is 0 Å². The molecule has 0 aromatic heterocycles. The Hall–Kier alpha value is -3.92. The lowest BCUT2D eigenvalue weighted by molar-refractivity contribution is -0.376. The number of hydrogen-bond donors (Lipinski definition) is 4. The van der Waals surface area contributed by atoms with Gasteiger partial charge in [0.05, 0.1) is 11.1 Å². The van der Waals surface area contributed by atoms with Gasteiger partial charge in [0.2, 0.25) is 5.91 Å². The molecule has 236 valence electrons. The van der Waals surface area contributed by atoms with Gasteiger partial charge in [-0.25, -0.2) is 9.18 Å². The molecule has 43 heavy (non-hydrogen) atoms. The first-order chi connectivity index (χ1) is 19.8. The molecule has 1 saturated heterocycles. The van der Waals surface area contributed by atoms with Gasteiger partial charge in [-0.1, -0.05) is 24.3 Å². The molecule has 0 bridgehead atoms. The number of amides is 4. The van der Waals surface area contributed by atoms with Crippen LogP contribution in [0.1, 0.15) is 35.3 Å². The van der Waals surface area contributed by atoms with Crippen molar-refractivity contribution in [1.82, 2.24) is 15.1 Å². The zero-order valence-electron chi connectivity index (χ0n) is 23.1. The third-order valence-electron chi connectivity index (χ3n) is 7.08. The second-order valence-electron chi connectivity index (χ2n) is 10.7. The molecule has 1 aliphatic rings. The van der Waals surface area contributed by atoms with E-state index in [1.165, 1.54) is 30.9 Å². The van der Waals surface area contributed by atoms with Crippen LogP contribution in [-0.4, -0.2) is 77.8 Å². The van der Waals surface area contributed by atoms with Crippen LogP contribution in [0.5, 0.6) is 0 Å². The number of alkyl halides is 6. The first kappa shape index (κ1) is 33.6. The number of nitrogens with one attached hydrogen (secondary N) is 2. The maximum Gasteiger partial charge on any atom is 0.430 e. The minimum absolute atomic E-state index is 0.0178. The third kappa shape index (κ3) is 7.54. The maximum atomic E-state index is 14.6. The van der Waals surface area contributed by atoms with Crippen LogP contribution in [0, 0.1) is 11.2 Å². The Morgan fingerprint density at radius 1 is 0.907 bits per heavy atom. The maximum absolute atomic E-state index is 14.6. The predicted molar refractivity (Wildman–Crippen MR) is 140 cm³/mol. The molecule has 1 aliphatic heterocycles. The SMILES string of the molecule is CC(C)(CNC(=O)Nc1ccc(C(=O)N2CCN(Cc3ccc(C(O)(C(F)(F)F)C(F)(F)F)cc3)CC2)cc1F)C(N)=O. The largest absolute Gasteiger partial charge is 0.430 e. The van der Waals surface area contributed by atoms with Crippen LogP contribution in [0.4, 0.5) is 41.2 Å². The summed E-state index contributed by atoms with van der Waals surface area (Å²) in [5.41, 5.74) is -1.94. The predicted octanol–water partition coefficient (Wildman–Crippen LogP) is 3.73. The van der Waals surface area contributed by atoms with Crippen molar-refractivity contribution in [2.75, 3.05) is 38.0 Å². The lowest BCUT2D eigenvalue weighted by Gasteiger charge is -2.35. The normalized spacial score (nSPS) is 15.3. The number of primary amides is 1. The number of halogens is 7. The number of urea groups is 1. The number of nitrogens with two attached hydrogens (primary N) is 1. The summed E-state index contributed by atoms with van der Waals surface area (Å²) in [6, 6.07) is 5.99. The second-order valence-corrected chi connectivity index (χ2v) is 10.7. The fraction of sp³-hybridized carbons (Fsp3) is 0.444. The van der Waals surface area contributed by atoms with E-state index >= 15 is 0 Å². The van der Waals surface area contributed by atoms with E-state index in [1.807, 2.05) is 4.90 Å². The van der Waals surface area contributed by atoms with Crippen LogP contribution < -0.4 is 16.4 Å². The van der Waals surface area contributed by atoms with E-state index in [0.717, 1.165) is 18.2 Å². The molecule has 0 atom stereocenters. The fourth-order valence-electron chi connectivity index (χ4n) is 4.19. The van der Waals surface area contributed by atoms with Crippen LogP contribution in [-0.2, 0) is 16.9 Å². The molecule has 4 amide bonds. The van der Waals surface area contributed by atoms with Crippen molar-refractivity contribution in [3.63, 3.8) is 0 Å². The second kappa shape index (κ2) is 12.4. The number of benzene rings is 2. The van der Waals surface area contributed by atoms with E-state index in [2.05, 4.69) is 10.6 Å². The lowest BCUT2D eigenvalue weighted by atomic mass is 9.91. The zero-order chi connectivity index (χ0) is 32.4. The van der Waals surface area contributed by atoms with Gasteiger partial charge in [-0.3, -0.25) is 14.5 Å². The van der Waals surface area contributed by atoms with E-state index in [9.17, 15) is 50.2 Å². The van der Waals surface area contributed by atoms with Gasteiger partial charge in [-0.15, -0.1) is 0 Å². The summed E-state index contributed by atoms with van der Waals surface area (Å²) in [7, 11) is 0. The van der Waals surface area contributed by atoms with Crippen molar-refractivity contribution in [2.24, 2.45) is 11.1 Å². The molecule has 16 heteroatoms. The van der Waals surface area contributed by atoms with Gasteiger partial charge < -0.3 is 26.4 Å². The van der Waals surface area contributed by atoms with Gasteiger partial charge in [0, 0.05) is 50.4 Å². The lowest BCUT2D eigenvalue weighted by Crippen LogP contribution is -2.53. The fourth-order valence-corrected chi connectivity index (χ4v) is 4.19. The zero-order valence-corrected chi connectivity index (χ0v) is 23.1. The number of anilines is 1. The first-order valence-corrected chi connectivity index (χ1v) is 12.9. The molecule has 0 radical (unpaired) electrons. The highest BCUT2D eigenvalue weighted by Crippen LogP contribution is 2.50. The summed E-state index contributed by atoms with van der Waals surface area (Å²) in [4.78, 5) is 39.6. The quantitative estimate of drug-likeness (QED) is 0.334. The van der Waals surface area contributed by atoms with Crippen LogP contribution in [0.25, 0.3) is 0 Å². The molecule has 0 saturated carbocycles. The smallest absolute Gasteiger partial charge is 0.369 e. The van der Waals surface area contributed by atoms with Gasteiger partial charge in [-0.05, 0) is 37.6 Å². The summed E-state index contributed by atoms with van der Waals surface area (Å²) in [5.74, 6) is -2.00. The number of hydrogen-bond acceptors (Lipinski definition) is 5. The molecule has 1 fully saturated rings. The molecule has 0 spiro atoms. The van der Waals surface area contributed by atoms with E-state index < -0.39 is 52.6 Å². The Kier molecular flexibility index (Phi) is 9.65. The standard InChI is InChI=1S/C27H30F7N5O4/c1-24(2,22(35)41)15-36-23(42)37-20-8-5-17(13-19(20)28)21(40)39-11-9-38(10-12-39)14-16-3-6-18(7-4-16)25(43,26(29,30)31)27(32,33)34/h3-8,13,43H,9-12,14-15H2,1-2H3,(H2,35,41)(H2,36,37,42). The van der Waals surface area contributed by atoms with E-state index in [4.69, 9.17) is 5.73 Å². The van der Waals surface area contributed by atoms with E-state index in [1.54, 1.807) is 0 Å². The van der Waals surface area contributed by atoms with Gasteiger partial charge in [0.1, 0.15) is 5.82 Å². The molecular weight excluding hydrogens is 591 g/mol. The molecule has 9 nitrogen and oxygen atoms in total. The van der Waals surface area contributed by atoms with Gasteiger partial charge in [-0.2, -0.15) is 26.3 Å². The summed E-state index contributed by atoms with van der Waals surface area (Å²) in [5, 5.41) is 14.2. The van der Waals surface area contributed by atoms with Crippen molar-refractivity contribution in [3.8, 4) is 0 Å². The van der Waals surface area contributed by atoms with Crippen molar-refractivity contribution >= 4 is 23.5 Å². The number of carbonyl (C=O) groups is 3. The Labute approximate surface area is 241 Å². The van der Waals surface area contributed by atoms with Crippen molar-refractivity contribution < 1.29 is 50.2 Å². The van der Waals surface area contributed by atoms with Crippen LogP contribution in [0.2, 0.25) is 0 Å². The molecular formula is C27H30F7N5O4. The summed E-state index contributed by atoms with van der Waals surface area (Å²) < 4.78 is 93.2. The highest BCUT2D eigenvalue weighted by molar-refractivity contribution is 5.96. The van der Waals surface area contributed by atoms with Crippen LogP contribution in [0.15, 0.2) is 42.5 Å². The molecule has 3 rings (SSSR count). The average Bonchev–Trinajstić information content (AvgIpc) is 2.92. The Morgan fingerprint density at radius 2 is 1.47 bits per heavy atom. The Bertz CT molecular complexity index is 1320. The van der Waals surface area contributed by atoms with Crippen molar-refractivity contribution in [1.29, 1.82) is 0 Å². The number of nitrogens with zero attached hydrogens (tertiary/aromatic N) is 2. The third-order valence-corrected chi connectivity index (χ3v) is 7.08. The Balaban J connectivity index is 1.56. The van der Waals surface area contributed by atoms with Crippen molar-refractivity contribution in [3.05, 3.63) is 65.0 Å². The van der Waals surface area contributed by atoms with E-state index in [-0.39, 0.29) is 37.4 Å². The number of piperazine rings is 1. The Morgan fingerprint density at radius 3 is 1.95 bits per heavy atom. The number of aliphatic hydroxyl groups is 1. The molecule has 5 N–H and O–H groups in total. The van der Waals surface area contributed by atoms with Crippen LogP contribution >= 0.6 is 0 Å². The average molecular weight is 622 g/mol. The summed E-state index contributed by atoms with van der Waals surface area (Å²) in [6.07, 6.45) is -12.0. The highest BCUT2D eigenvalue weighted by atomic mass is 19.4.